The van der Waals surface area contributed by atoms with Crippen LogP contribution in [0.2, 0.25) is 0 Å². The van der Waals surface area contributed by atoms with Crippen LogP contribution in [0.25, 0.3) is 0 Å². The number of ketones is 2. The normalized spacial score (nSPS) is 10.2. The summed E-state index contributed by atoms with van der Waals surface area (Å²) in [6.07, 6.45) is 0.418. The lowest BCUT2D eigenvalue weighted by Gasteiger charge is -2.00. The van der Waals surface area contributed by atoms with E-state index < -0.39 is 0 Å². The van der Waals surface area contributed by atoms with Crippen molar-refractivity contribution in [1.29, 1.82) is 0 Å². The number of phenolic OH excluding ortho intramolecular Hbond substituents is 1. The largest absolute Gasteiger partial charge is 0.508 e. The van der Waals surface area contributed by atoms with E-state index in [1.807, 2.05) is 11.4 Å². The Labute approximate surface area is 109 Å². The van der Waals surface area contributed by atoms with E-state index in [0.717, 1.165) is 0 Å². The van der Waals surface area contributed by atoms with Crippen LogP contribution in [0.5, 0.6) is 5.75 Å². The van der Waals surface area contributed by atoms with Crippen molar-refractivity contribution >= 4 is 22.9 Å². The van der Waals surface area contributed by atoms with Crippen LogP contribution in [0.3, 0.4) is 0 Å². The van der Waals surface area contributed by atoms with Gasteiger partial charge in [-0.3, -0.25) is 9.59 Å². The Morgan fingerprint density at radius 2 is 1.67 bits per heavy atom. The molecule has 1 aromatic carbocycles. The van der Waals surface area contributed by atoms with E-state index >= 15 is 0 Å². The number of Topliss-reactive ketones (excluding diaryl/α,β-unsaturated/α-hetero) is 2. The van der Waals surface area contributed by atoms with Crippen LogP contribution >= 0.6 is 11.3 Å². The lowest BCUT2D eigenvalue weighted by Crippen LogP contribution is -2.03. The lowest BCUT2D eigenvalue weighted by atomic mass is 10.0. The third-order valence-corrected chi connectivity index (χ3v) is 3.48. The van der Waals surface area contributed by atoms with Crippen LogP contribution in [-0.4, -0.2) is 16.7 Å². The predicted octanol–water partition coefficient (Wildman–Crippen LogP) is 3.30. The third kappa shape index (κ3) is 3.05. The first kappa shape index (κ1) is 12.5. The second kappa shape index (κ2) is 5.60. The zero-order valence-corrected chi connectivity index (χ0v) is 10.4. The molecule has 0 aliphatic carbocycles. The summed E-state index contributed by atoms with van der Waals surface area (Å²) in [6, 6.07) is 9.64. The van der Waals surface area contributed by atoms with E-state index in [4.69, 9.17) is 5.11 Å². The minimum atomic E-state index is -0.0834. The van der Waals surface area contributed by atoms with E-state index in [1.54, 1.807) is 18.2 Å². The predicted molar refractivity (Wildman–Crippen MR) is 70.3 cm³/mol. The van der Waals surface area contributed by atoms with E-state index in [9.17, 15) is 9.59 Å². The number of aromatic hydroxyl groups is 1. The molecule has 0 spiro atoms. The van der Waals surface area contributed by atoms with Gasteiger partial charge in [-0.15, -0.1) is 11.3 Å². The van der Waals surface area contributed by atoms with Crippen molar-refractivity contribution in [1.82, 2.24) is 0 Å². The van der Waals surface area contributed by atoms with Crippen molar-refractivity contribution in [2.75, 3.05) is 0 Å². The SMILES string of the molecule is O=C(CCC(=O)c1cccs1)c1ccc(O)cc1. The average molecular weight is 260 g/mol. The Balaban J connectivity index is 1.92. The fourth-order valence-electron chi connectivity index (χ4n) is 1.58. The van der Waals surface area contributed by atoms with Crippen LogP contribution in [0.15, 0.2) is 41.8 Å². The number of carbonyl (C=O) groups excluding carboxylic acids is 2. The summed E-state index contributed by atoms with van der Waals surface area (Å²) in [5.74, 6) is 0.0400. The zero-order valence-electron chi connectivity index (χ0n) is 9.63. The van der Waals surface area contributed by atoms with Crippen molar-refractivity contribution in [3.05, 3.63) is 52.2 Å². The van der Waals surface area contributed by atoms with Crippen LogP contribution < -0.4 is 0 Å². The molecule has 1 N–H and O–H groups in total. The molecule has 18 heavy (non-hydrogen) atoms. The van der Waals surface area contributed by atoms with Gasteiger partial charge in [-0.1, -0.05) is 6.07 Å². The molecule has 92 valence electrons. The molecular formula is C14H12O3S. The van der Waals surface area contributed by atoms with E-state index in [-0.39, 0.29) is 30.2 Å². The number of carbonyl (C=O) groups is 2. The van der Waals surface area contributed by atoms with Gasteiger partial charge >= 0.3 is 0 Å². The highest BCUT2D eigenvalue weighted by atomic mass is 32.1. The number of hydrogen-bond acceptors (Lipinski definition) is 4. The van der Waals surface area contributed by atoms with Gasteiger partial charge in [0.05, 0.1) is 4.88 Å². The van der Waals surface area contributed by atoms with Crippen molar-refractivity contribution in [3.8, 4) is 5.75 Å². The van der Waals surface area contributed by atoms with Gasteiger partial charge in [0.1, 0.15) is 5.75 Å². The van der Waals surface area contributed by atoms with Gasteiger partial charge in [-0.25, -0.2) is 0 Å². The summed E-state index contributed by atoms with van der Waals surface area (Å²) in [6.45, 7) is 0. The van der Waals surface area contributed by atoms with Gasteiger partial charge in [-0.2, -0.15) is 0 Å². The second-order valence-electron chi connectivity index (χ2n) is 3.87. The topological polar surface area (TPSA) is 54.4 Å². The van der Waals surface area contributed by atoms with Crippen LogP contribution in [0.4, 0.5) is 0 Å². The highest BCUT2D eigenvalue weighted by Crippen LogP contribution is 2.15. The highest BCUT2D eigenvalue weighted by molar-refractivity contribution is 7.12. The van der Waals surface area contributed by atoms with Gasteiger partial charge in [0, 0.05) is 18.4 Å². The summed E-state index contributed by atoms with van der Waals surface area (Å²) >= 11 is 1.39. The second-order valence-corrected chi connectivity index (χ2v) is 4.82. The molecule has 0 unspecified atom stereocenters. The first-order valence-corrected chi connectivity index (χ1v) is 6.44. The lowest BCUT2D eigenvalue weighted by molar-refractivity contribution is 0.0919. The highest BCUT2D eigenvalue weighted by Gasteiger charge is 2.11. The fraction of sp³-hybridized carbons (Fsp3) is 0.143. The Kier molecular flexibility index (Phi) is 3.89. The van der Waals surface area contributed by atoms with Gasteiger partial charge < -0.3 is 5.11 Å². The van der Waals surface area contributed by atoms with E-state index in [1.165, 1.54) is 23.5 Å². The standard InChI is InChI=1S/C14H12O3S/c15-11-5-3-10(4-6-11)12(16)7-8-13(17)14-2-1-9-18-14/h1-6,9,15H,7-8H2. The summed E-state index contributed by atoms with van der Waals surface area (Å²) in [5.41, 5.74) is 0.520. The molecule has 1 heterocycles. The molecule has 0 saturated carbocycles. The smallest absolute Gasteiger partial charge is 0.173 e. The molecule has 0 atom stereocenters. The first-order chi connectivity index (χ1) is 8.66. The summed E-state index contributed by atoms with van der Waals surface area (Å²) < 4.78 is 0. The Hall–Kier alpha value is -1.94. The number of benzene rings is 1. The van der Waals surface area contributed by atoms with Crippen LogP contribution in [0.1, 0.15) is 32.9 Å². The van der Waals surface area contributed by atoms with Crippen LogP contribution in [-0.2, 0) is 0 Å². The van der Waals surface area contributed by atoms with Crippen LogP contribution in [0, 0.1) is 0 Å². The number of hydrogen-bond donors (Lipinski definition) is 1. The molecule has 0 saturated heterocycles. The summed E-state index contributed by atoms with van der Waals surface area (Å²) in [7, 11) is 0. The fourth-order valence-corrected chi connectivity index (χ4v) is 2.27. The third-order valence-electron chi connectivity index (χ3n) is 2.56. The Morgan fingerprint density at radius 1 is 1.00 bits per heavy atom. The number of thiophene rings is 1. The Bertz CT molecular complexity index is 541. The minimum Gasteiger partial charge on any atom is -0.508 e. The molecule has 2 aromatic rings. The quantitative estimate of drug-likeness (QED) is 0.839. The Morgan fingerprint density at radius 3 is 2.28 bits per heavy atom. The molecule has 0 aliphatic heterocycles. The van der Waals surface area contributed by atoms with Gasteiger partial charge in [0.25, 0.3) is 0 Å². The molecule has 0 radical (unpaired) electrons. The number of phenols is 1. The molecular weight excluding hydrogens is 248 g/mol. The average Bonchev–Trinajstić information content (AvgIpc) is 2.90. The van der Waals surface area contributed by atoms with E-state index in [2.05, 4.69) is 0 Å². The molecule has 0 amide bonds. The van der Waals surface area contributed by atoms with Crippen molar-refractivity contribution < 1.29 is 14.7 Å². The molecule has 1 aromatic heterocycles. The molecule has 0 aliphatic rings. The maximum absolute atomic E-state index is 11.8. The first-order valence-electron chi connectivity index (χ1n) is 5.56. The minimum absolute atomic E-state index is 0.00266. The summed E-state index contributed by atoms with van der Waals surface area (Å²) in [5, 5.41) is 11.0. The maximum Gasteiger partial charge on any atom is 0.173 e. The number of rotatable bonds is 5. The maximum atomic E-state index is 11.8. The molecule has 2 rings (SSSR count). The van der Waals surface area contributed by atoms with Crippen molar-refractivity contribution in [2.24, 2.45) is 0 Å². The van der Waals surface area contributed by atoms with Crippen molar-refractivity contribution in [2.45, 2.75) is 12.8 Å². The zero-order chi connectivity index (χ0) is 13.0. The van der Waals surface area contributed by atoms with Gasteiger partial charge in [0.2, 0.25) is 0 Å². The molecule has 4 heteroatoms. The molecule has 0 bridgehead atoms. The van der Waals surface area contributed by atoms with Gasteiger partial charge in [-0.05, 0) is 35.7 Å². The molecule has 0 fully saturated rings. The monoisotopic (exact) mass is 260 g/mol. The summed E-state index contributed by atoms with van der Waals surface area (Å²) in [4.78, 5) is 24.2. The van der Waals surface area contributed by atoms with Gasteiger partial charge in [0.15, 0.2) is 11.6 Å². The van der Waals surface area contributed by atoms with Crippen molar-refractivity contribution in [3.63, 3.8) is 0 Å². The molecule has 3 nitrogen and oxygen atoms in total. The van der Waals surface area contributed by atoms with E-state index in [0.29, 0.717) is 10.4 Å².